The molecule has 0 aliphatic rings. The highest BCUT2D eigenvalue weighted by molar-refractivity contribution is 5.79. The Morgan fingerprint density at radius 3 is 0.971 bits per heavy atom. The first-order chi connectivity index (χ1) is 16.2. The van der Waals surface area contributed by atoms with Crippen molar-refractivity contribution in [2.24, 2.45) is 5.41 Å². The number of hydrogen-bond acceptors (Lipinski definition) is 15. The molecule has 0 saturated heterocycles. The molecule has 0 fully saturated rings. The third-order valence-electron chi connectivity index (χ3n) is 3.77. The summed E-state index contributed by atoms with van der Waals surface area (Å²) in [7, 11) is 0. The van der Waals surface area contributed by atoms with Crippen LogP contribution in [0.5, 0.6) is 0 Å². The molecular weight excluding hydrogens is 480 g/mol. The van der Waals surface area contributed by atoms with Crippen molar-refractivity contribution in [1.82, 2.24) is 0 Å². The van der Waals surface area contributed by atoms with E-state index in [1.807, 2.05) is 0 Å². The van der Waals surface area contributed by atoms with Crippen LogP contribution in [0, 0.1) is 5.41 Å². The Morgan fingerprint density at radius 1 is 0.543 bits per heavy atom. The summed E-state index contributed by atoms with van der Waals surface area (Å²) in [6.07, 6.45) is -4.38. The zero-order valence-corrected chi connectivity index (χ0v) is 19.7. The van der Waals surface area contributed by atoms with Crippen molar-refractivity contribution in [1.29, 1.82) is 0 Å². The molecule has 0 aromatic rings. The third-order valence-corrected chi connectivity index (χ3v) is 3.77. The van der Waals surface area contributed by atoms with Gasteiger partial charge >= 0.3 is 35.8 Å². The summed E-state index contributed by atoms with van der Waals surface area (Å²) in [5, 5.41) is 27.1. The largest absolute Gasteiger partial charge is 0.462 e. The number of rotatable bonds is 15. The van der Waals surface area contributed by atoms with E-state index in [1.165, 1.54) is 6.92 Å². The number of carbonyl (C=O) groups excluding carboxylic acids is 6. The smallest absolute Gasteiger partial charge is 0.344 e. The second-order valence-electron chi connectivity index (χ2n) is 7.64. The van der Waals surface area contributed by atoms with Gasteiger partial charge < -0.3 is 43.7 Å². The van der Waals surface area contributed by atoms with Crippen molar-refractivity contribution >= 4 is 35.8 Å². The molecule has 0 heterocycles. The molecule has 0 radical (unpaired) electrons. The highest BCUT2D eigenvalue weighted by atomic mass is 16.6. The molecule has 3 atom stereocenters. The van der Waals surface area contributed by atoms with Gasteiger partial charge in [0.1, 0.15) is 38.1 Å². The van der Waals surface area contributed by atoms with Gasteiger partial charge in [-0.05, 0) is 27.7 Å². The number of aliphatic hydroxyl groups excluding tert-OH is 3. The molecule has 0 aromatic carbocycles. The zero-order valence-electron chi connectivity index (χ0n) is 19.7. The van der Waals surface area contributed by atoms with Crippen molar-refractivity contribution < 1.29 is 72.5 Å². The summed E-state index contributed by atoms with van der Waals surface area (Å²) in [5.41, 5.74) is -1.36. The van der Waals surface area contributed by atoms with Crippen LogP contribution < -0.4 is 0 Å². The van der Waals surface area contributed by atoms with Crippen molar-refractivity contribution in [3.8, 4) is 0 Å². The lowest BCUT2D eigenvalue weighted by Crippen LogP contribution is -2.38. The molecule has 0 saturated carbocycles. The second-order valence-corrected chi connectivity index (χ2v) is 7.64. The molecule has 0 rings (SSSR count). The molecule has 0 aliphatic carbocycles. The van der Waals surface area contributed by atoms with E-state index in [9.17, 15) is 28.8 Å². The molecule has 0 aliphatic heterocycles. The molecule has 15 nitrogen and oxygen atoms in total. The molecular formula is C20H30O15. The number of esters is 6. The van der Waals surface area contributed by atoms with E-state index < -0.39 is 99.2 Å². The Balaban J connectivity index is 4.95. The van der Waals surface area contributed by atoms with Crippen LogP contribution in [0.25, 0.3) is 0 Å². The molecule has 0 spiro atoms. The fourth-order valence-corrected chi connectivity index (χ4v) is 1.77. The van der Waals surface area contributed by atoms with Crippen LogP contribution in [-0.2, 0) is 57.2 Å². The van der Waals surface area contributed by atoms with Gasteiger partial charge in [0.25, 0.3) is 0 Å². The molecule has 0 bridgehead atoms. The SMILES string of the molecule is CC(O)C(=O)OCC(=O)OCC(C)(COC(=O)COC(=O)C(C)O)COC(=O)COC(=O)C(C)O. The molecule has 3 N–H and O–H groups in total. The van der Waals surface area contributed by atoms with Gasteiger partial charge in [0, 0.05) is 0 Å². The minimum atomic E-state index is -1.46. The third kappa shape index (κ3) is 14.5. The van der Waals surface area contributed by atoms with E-state index in [0.29, 0.717) is 0 Å². The van der Waals surface area contributed by atoms with Crippen LogP contribution in [0.4, 0.5) is 0 Å². The van der Waals surface area contributed by atoms with Crippen molar-refractivity contribution in [2.45, 2.75) is 46.0 Å². The first kappa shape index (κ1) is 31.7. The van der Waals surface area contributed by atoms with Gasteiger partial charge in [0.15, 0.2) is 19.8 Å². The monoisotopic (exact) mass is 510 g/mol. The molecule has 3 unspecified atom stereocenters. The normalized spacial score (nSPS) is 14.8. The van der Waals surface area contributed by atoms with Crippen LogP contribution in [0.15, 0.2) is 0 Å². The molecule has 15 heteroatoms. The average Bonchev–Trinajstić information content (AvgIpc) is 2.80. The summed E-state index contributed by atoms with van der Waals surface area (Å²) < 4.78 is 28.3. The summed E-state index contributed by atoms with van der Waals surface area (Å²) in [6.45, 7) is 0.738. The number of hydrogen-bond donors (Lipinski definition) is 3. The number of ether oxygens (including phenoxy) is 6. The Hall–Kier alpha value is -3.30. The Labute approximate surface area is 200 Å². The minimum Gasteiger partial charge on any atom is -0.462 e. The van der Waals surface area contributed by atoms with Gasteiger partial charge in [-0.3, -0.25) is 0 Å². The maximum Gasteiger partial charge on any atom is 0.344 e. The zero-order chi connectivity index (χ0) is 27.2. The minimum absolute atomic E-state index is 0.514. The van der Waals surface area contributed by atoms with Crippen molar-refractivity contribution in [3.05, 3.63) is 0 Å². The van der Waals surface area contributed by atoms with Crippen molar-refractivity contribution in [2.75, 3.05) is 39.6 Å². The van der Waals surface area contributed by atoms with Crippen LogP contribution in [-0.4, -0.2) is 109 Å². The van der Waals surface area contributed by atoms with E-state index in [2.05, 4.69) is 14.2 Å². The summed E-state index contributed by atoms with van der Waals surface area (Å²) in [4.78, 5) is 69.1. The lowest BCUT2D eigenvalue weighted by atomic mass is 9.94. The van der Waals surface area contributed by atoms with Gasteiger partial charge in [0.05, 0.1) is 5.41 Å². The maximum absolute atomic E-state index is 11.8. The molecule has 0 amide bonds. The standard InChI is InChI=1S/C20H30O15/c1-11(21)17(27)30-5-14(24)33-8-20(4,9-34-15(25)6-31-18(28)12(2)22)10-35-16(26)7-32-19(29)13(3)23/h11-13,21-23H,5-10H2,1-4H3. The van der Waals surface area contributed by atoms with Gasteiger partial charge in [-0.15, -0.1) is 0 Å². The number of aliphatic hydroxyl groups is 3. The van der Waals surface area contributed by atoms with Crippen LogP contribution in [0.1, 0.15) is 27.7 Å². The van der Waals surface area contributed by atoms with Crippen molar-refractivity contribution in [3.63, 3.8) is 0 Å². The van der Waals surface area contributed by atoms with Gasteiger partial charge in [-0.2, -0.15) is 0 Å². The van der Waals surface area contributed by atoms with E-state index >= 15 is 0 Å². The highest BCUT2D eigenvalue weighted by Crippen LogP contribution is 2.19. The van der Waals surface area contributed by atoms with E-state index in [0.717, 1.165) is 20.8 Å². The fourth-order valence-electron chi connectivity index (χ4n) is 1.77. The first-order valence-corrected chi connectivity index (χ1v) is 10.2. The lowest BCUT2D eigenvalue weighted by molar-refractivity contribution is -0.174. The van der Waals surface area contributed by atoms with Crippen LogP contribution >= 0.6 is 0 Å². The number of carbonyl (C=O) groups is 6. The summed E-state index contributed by atoms with van der Waals surface area (Å²) in [5.74, 6) is -6.28. The van der Waals surface area contributed by atoms with Crippen LogP contribution in [0.3, 0.4) is 0 Å². The van der Waals surface area contributed by atoms with E-state index in [4.69, 9.17) is 29.5 Å². The highest BCUT2D eigenvalue weighted by Gasteiger charge is 2.31. The van der Waals surface area contributed by atoms with Crippen LogP contribution in [0.2, 0.25) is 0 Å². The average molecular weight is 510 g/mol. The fraction of sp³-hybridized carbons (Fsp3) is 0.700. The Bertz CT molecular complexity index is 658. The van der Waals surface area contributed by atoms with Gasteiger partial charge in [-0.1, -0.05) is 0 Å². The second kappa shape index (κ2) is 15.6. The predicted octanol–water partition coefficient (Wildman–Crippen LogP) is -2.61. The van der Waals surface area contributed by atoms with E-state index in [1.54, 1.807) is 0 Å². The Morgan fingerprint density at radius 2 is 0.771 bits per heavy atom. The molecule has 35 heavy (non-hydrogen) atoms. The maximum atomic E-state index is 11.8. The molecule has 0 aromatic heterocycles. The predicted molar refractivity (Wildman–Crippen MR) is 109 cm³/mol. The summed E-state index contributed by atoms with van der Waals surface area (Å²) in [6, 6.07) is 0. The Kier molecular flexibility index (Phi) is 14.1. The first-order valence-electron chi connectivity index (χ1n) is 10.2. The quantitative estimate of drug-likeness (QED) is 0.152. The van der Waals surface area contributed by atoms with E-state index in [-0.39, 0.29) is 0 Å². The summed E-state index contributed by atoms with van der Waals surface area (Å²) >= 11 is 0. The van der Waals surface area contributed by atoms with Gasteiger partial charge in [-0.25, -0.2) is 28.8 Å². The lowest BCUT2D eigenvalue weighted by Gasteiger charge is -2.28. The molecule has 200 valence electrons. The van der Waals surface area contributed by atoms with Gasteiger partial charge in [0.2, 0.25) is 0 Å². The topological polar surface area (TPSA) is 218 Å².